The second-order valence-electron chi connectivity index (χ2n) is 6.41. The molecule has 128 valence electrons. The fraction of sp³-hybridized carbons (Fsp3) is 0.471. The van der Waals surface area contributed by atoms with Gasteiger partial charge in [-0.3, -0.25) is 10.1 Å². The first kappa shape index (κ1) is 17.0. The van der Waals surface area contributed by atoms with Gasteiger partial charge in [0.05, 0.1) is 4.92 Å². The molecule has 7 heteroatoms. The number of nitro groups is 1. The summed E-state index contributed by atoms with van der Waals surface area (Å²) in [5.41, 5.74) is 3.21. The van der Waals surface area contributed by atoms with Crippen LogP contribution in [0.3, 0.4) is 0 Å². The van der Waals surface area contributed by atoms with Crippen molar-refractivity contribution in [3.05, 3.63) is 49.6 Å². The second-order valence-corrected chi connectivity index (χ2v) is 7.26. The van der Waals surface area contributed by atoms with Crippen molar-refractivity contribution < 1.29 is 4.92 Å². The van der Waals surface area contributed by atoms with Gasteiger partial charge in [-0.2, -0.15) is 5.10 Å². The van der Waals surface area contributed by atoms with Crippen LogP contribution in [0, 0.1) is 24.0 Å². The maximum Gasteiger partial charge on any atom is 0.333 e. The van der Waals surface area contributed by atoms with Crippen molar-refractivity contribution in [2.45, 2.75) is 32.6 Å². The molecule has 1 aliphatic rings. The van der Waals surface area contributed by atoms with E-state index in [1.165, 1.54) is 11.1 Å². The van der Waals surface area contributed by atoms with Crippen LogP contribution in [0.1, 0.15) is 35.6 Å². The van der Waals surface area contributed by atoms with Gasteiger partial charge in [-0.1, -0.05) is 28.1 Å². The molecule has 0 bridgehead atoms. The highest BCUT2D eigenvalue weighted by molar-refractivity contribution is 9.10. The van der Waals surface area contributed by atoms with E-state index in [9.17, 15) is 10.1 Å². The van der Waals surface area contributed by atoms with Crippen LogP contribution < -0.4 is 4.90 Å². The van der Waals surface area contributed by atoms with Gasteiger partial charge in [0.1, 0.15) is 5.69 Å². The van der Waals surface area contributed by atoms with E-state index in [1.807, 2.05) is 0 Å². The van der Waals surface area contributed by atoms with Crippen LogP contribution in [0.15, 0.2) is 22.7 Å². The van der Waals surface area contributed by atoms with E-state index >= 15 is 0 Å². The number of aromatic nitrogens is 2. The van der Waals surface area contributed by atoms with Crippen LogP contribution in [0.25, 0.3) is 0 Å². The standard InChI is InChI=1S/C17H21BrN4O2/c1-11-10-14(4-5-15(11)18)13-6-8-21(9-7-13)17-16(22(23)24)12(2)19-20(17)3/h4-5,10,13H,6-9H2,1-3H3. The fourth-order valence-corrected chi connectivity index (χ4v) is 3.80. The molecule has 0 radical (unpaired) electrons. The lowest BCUT2D eigenvalue weighted by Gasteiger charge is -2.33. The van der Waals surface area contributed by atoms with E-state index in [0.29, 0.717) is 17.4 Å². The predicted molar refractivity (Wildman–Crippen MR) is 97.7 cm³/mol. The zero-order valence-electron chi connectivity index (χ0n) is 14.1. The number of hydrogen-bond donors (Lipinski definition) is 0. The molecule has 0 saturated carbocycles. The summed E-state index contributed by atoms with van der Waals surface area (Å²) < 4.78 is 2.77. The minimum atomic E-state index is -0.318. The van der Waals surface area contributed by atoms with Gasteiger partial charge in [0.2, 0.25) is 5.82 Å². The summed E-state index contributed by atoms with van der Waals surface area (Å²) in [5, 5.41) is 15.6. The quantitative estimate of drug-likeness (QED) is 0.582. The van der Waals surface area contributed by atoms with E-state index in [2.05, 4.69) is 51.1 Å². The number of rotatable bonds is 3. The summed E-state index contributed by atoms with van der Waals surface area (Å²) in [6.45, 7) is 5.41. The monoisotopic (exact) mass is 392 g/mol. The molecule has 0 atom stereocenters. The van der Waals surface area contributed by atoms with Crippen molar-refractivity contribution in [2.24, 2.45) is 7.05 Å². The zero-order chi connectivity index (χ0) is 17.4. The Hall–Kier alpha value is -1.89. The molecule has 0 N–H and O–H groups in total. The molecule has 6 nitrogen and oxygen atoms in total. The molecule has 1 aliphatic heterocycles. The molecule has 24 heavy (non-hydrogen) atoms. The van der Waals surface area contributed by atoms with E-state index in [0.717, 1.165) is 30.4 Å². The van der Waals surface area contributed by atoms with Gasteiger partial charge < -0.3 is 4.90 Å². The Morgan fingerprint density at radius 3 is 2.54 bits per heavy atom. The van der Waals surface area contributed by atoms with Crippen LogP contribution in [-0.2, 0) is 7.05 Å². The average molecular weight is 393 g/mol. The van der Waals surface area contributed by atoms with Crippen molar-refractivity contribution in [1.29, 1.82) is 0 Å². The molecule has 1 fully saturated rings. The van der Waals surface area contributed by atoms with Gasteiger partial charge in [0.25, 0.3) is 0 Å². The van der Waals surface area contributed by atoms with Gasteiger partial charge in [-0.05, 0) is 49.8 Å². The number of piperidine rings is 1. The van der Waals surface area contributed by atoms with Crippen LogP contribution in [0.2, 0.25) is 0 Å². The summed E-state index contributed by atoms with van der Waals surface area (Å²) in [6, 6.07) is 6.52. The summed E-state index contributed by atoms with van der Waals surface area (Å²) in [5.74, 6) is 1.13. The van der Waals surface area contributed by atoms with E-state index in [-0.39, 0.29) is 10.6 Å². The minimum Gasteiger partial charge on any atom is -0.351 e. The van der Waals surface area contributed by atoms with Crippen LogP contribution in [0.4, 0.5) is 11.5 Å². The highest BCUT2D eigenvalue weighted by Crippen LogP contribution is 2.36. The number of hydrogen-bond acceptors (Lipinski definition) is 4. The van der Waals surface area contributed by atoms with E-state index in [4.69, 9.17) is 0 Å². The van der Waals surface area contributed by atoms with Crippen molar-refractivity contribution in [3.8, 4) is 0 Å². The molecular formula is C17H21BrN4O2. The maximum atomic E-state index is 11.4. The number of anilines is 1. The van der Waals surface area contributed by atoms with E-state index < -0.39 is 0 Å². The van der Waals surface area contributed by atoms with Gasteiger partial charge in [0, 0.05) is 24.6 Å². The highest BCUT2D eigenvalue weighted by atomic mass is 79.9. The van der Waals surface area contributed by atoms with Crippen molar-refractivity contribution in [2.75, 3.05) is 18.0 Å². The summed E-state index contributed by atoms with van der Waals surface area (Å²) in [4.78, 5) is 13.2. The third-order valence-corrected chi connectivity index (χ3v) is 5.68. The van der Waals surface area contributed by atoms with Gasteiger partial charge >= 0.3 is 5.69 Å². The first-order valence-electron chi connectivity index (χ1n) is 8.07. The Balaban J connectivity index is 1.78. The lowest BCUT2D eigenvalue weighted by molar-refractivity contribution is -0.384. The summed E-state index contributed by atoms with van der Waals surface area (Å²) in [6.07, 6.45) is 1.98. The van der Waals surface area contributed by atoms with Gasteiger partial charge in [0.15, 0.2) is 0 Å². The van der Waals surface area contributed by atoms with Crippen LogP contribution >= 0.6 is 15.9 Å². The zero-order valence-corrected chi connectivity index (χ0v) is 15.7. The first-order chi connectivity index (χ1) is 11.4. The maximum absolute atomic E-state index is 11.4. The summed E-state index contributed by atoms with van der Waals surface area (Å²) in [7, 11) is 1.78. The Kier molecular flexibility index (Phi) is 4.62. The Morgan fingerprint density at radius 2 is 1.96 bits per heavy atom. The van der Waals surface area contributed by atoms with Crippen LogP contribution in [-0.4, -0.2) is 27.8 Å². The lowest BCUT2D eigenvalue weighted by Crippen LogP contribution is -2.34. The van der Waals surface area contributed by atoms with Crippen molar-refractivity contribution >= 4 is 27.4 Å². The average Bonchev–Trinajstić information content (AvgIpc) is 2.84. The molecule has 0 amide bonds. The SMILES string of the molecule is Cc1cc(C2CCN(c3c([N+](=O)[O-])c(C)nn3C)CC2)ccc1Br. The third kappa shape index (κ3) is 3.05. The molecule has 3 rings (SSSR count). The smallest absolute Gasteiger partial charge is 0.333 e. The molecular weight excluding hydrogens is 372 g/mol. The van der Waals surface area contributed by atoms with Crippen molar-refractivity contribution in [3.63, 3.8) is 0 Å². The van der Waals surface area contributed by atoms with Crippen LogP contribution in [0.5, 0.6) is 0 Å². The molecule has 0 spiro atoms. The lowest BCUT2D eigenvalue weighted by atomic mass is 9.88. The second kappa shape index (κ2) is 6.55. The largest absolute Gasteiger partial charge is 0.351 e. The normalized spacial score (nSPS) is 15.8. The Labute approximate surface area is 149 Å². The molecule has 2 heterocycles. The number of nitrogens with zero attached hydrogens (tertiary/aromatic N) is 4. The third-order valence-electron chi connectivity index (χ3n) is 4.79. The highest BCUT2D eigenvalue weighted by Gasteiger charge is 2.31. The fourth-order valence-electron chi connectivity index (χ4n) is 3.55. The molecule has 1 aromatic carbocycles. The minimum absolute atomic E-state index is 0.135. The Bertz CT molecular complexity index is 779. The first-order valence-corrected chi connectivity index (χ1v) is 8.86. The summed E-state index contributed by atoms with van der Waals surface area (Å²) >= 11 is 3.54. The molecule has 2 aromatic rings. The predicted octanol–water partition coefficient (Wildman–Crippen LogP) is 4.09. The number of aryl methyl sites for hydroxylation is 3. The van der Waals surface area contributed by atoms with E-state index in [1.54, 1.807) is 18.7 Å². The molecule has 1 aromatic heterocycles. The molecule has 0 aliphatic carbocycles. The topological polar surface area (TPSA) is 64.2 Å². The van der Waals surface area contributed by atoms with Gasteiger partial charge in [-0.15, -0.1) is 0 Å². The van der Waals surface area contributed by atoms with Gasteiger partial charge in [-0.25, -0.2) is 4.68 Å². The number of benzene rings is 1. The Morgan fingerprint density at radius 1 is 1.29 bits per heavy atom. The number of halogens is 1. The molecule has 1 saturated heterocycles. The molecule has 0 unspecified atom stereocenters. The van der Waals surface area contributed by atoms with Crippen molar-refractivity contribution in [1.82, 2.24) is 9.78 Å².